The number of rotatable bonds is 6. The van der Waals surface area contributed by atoms with Gasteiger partial charge < -0.3 is 14.4 Å². The third-order valence-electron chi connectivity index (χ3n) is 2.51. The standard InChI is InChI=1S/C14H21NO3/c1-4-17-14(16)18-13(10-11-15(2)3)12-8-6-5-7-9-12/h5-9,13H,4,10-11H2,1-3H3. The number of benzene rings is 1. The molecule has 0 radical (unpaired) electrons. The van der Waals surface area contributed by atoms with Gasteiger partial charge in [0.05, 0.1) is 6.61 Å². The van der Waals surface area contributed by atoms with Gasteiger partial charge in [-0.05, 0) is 26.6 Å². The molecule has 0 aliphatic heterocycles. The third-order valence-corrected chi connectivity index (χ3v) is 2.51. The van der Waals surface area contributed by atoms with Gasteiger partial charge in [0, 0.05) is 13.0 Å². The van der Waals surface area contributed by atoms with Crippen molar-refractivity contribution >= 4 is 6.16 Å². The molecule has 0 heterocycles. The molecule has 0 aliphatic rings. The zero-order chi connectivity index (χ0) is 13.4. The zero-order valence-corrected chi connectivity index (χ0v) is 11.3. The number of nitrogens with zero attached hydrogens (tertiary/aromatic N) is 1. The second-order valence-corrected chi connectivity index (χ2v) is 4.29. The van der Waals surface area contributed by atoms with Crippen LogP contribution in [0.5, 0.6) is 0 Å². The van der Waals surface area contributed by atoms with E-state index in [1.807, 2.05) is 44.4 Å². The fourth-order valence-corrected chi connectivity index (χ4v) is 1.60. The van der Waals surface area contributed by atoms with E-state index in [2.05, 4.69) is 4.90 Å². The van der Waals surface area contributed by atoms with Gasteiger partial charge in [0.25, 0.3) is 0 Å². The minimum Gasteiger partial charge on any atom is -0.435 e. The highest BCUT2D eigenvalue weighted by molar-refractivity contribution is 5.60. The number of hydrogen-bond donors (Lipinski definition) is 0. The normalized spacial score (nSPS) is 12.2. The molecule has 4 heteroatoms. The van der Waals surface area contributed by atoms with E-state index in [0.717, 1.165) is 18.5 Å². The first-order chi connectivity index (χ1) is 8.63. The lowest BCUT2D eigenvalue weighted by Crippen LogP contribution is -2.19. The van der Waals surface area contributed by atoms with E-state index in [-0.39, 0.29) is 6.10 Å². The van der Waals surface area contributed by atoms with Gasteiger partial charge in [-0.25, -0.2) is 4.79 Å². The summed E-state index contributed by atoms with van der Waals surface area (Å²) in [6.45, 7) is 2.94. The molecular formula is C14H21NO3. The van der Waals surface area contributed by atoms with Crippen molar-refractivity contribution in [1.29, 1.82) is 0 Å². The van der Waals surface area contributed by atoms with Gasteiger partial charge in [0.15, 0.2) is 0 Å². The Labute approximate surface area is 108 Å². The van der Waals surface area contributed by atoms with Crippen LogP contribution in [0.15, 0.2) is 30.3 Å². The van der Waals surface area contributed by atoms with Crippen molar-refractivity contribution < 1.29 is 14.3 Å². The molecule has 0 N–H and O–H groups in total. The highest BCUT2D eigenvalue weighted by atomic mass is 16.7. The molecule has 0 amide bonds. The summed E-state index contributed by atoms with van der Waals surface area (Å²) in [5.41, 5.74) is 0.993. The summed E-state index contributed by atoms with van der Waals surface area (Å²) in [5, 5.41) is 0. The monoisotopic (exact) mass is 251 g/mol. The molecule has 1 aromatic rings. The molecular weight excluding hydrogens is 230 g/mol. The molecule has 4 nitrogen and oxygen atoms in total. The summed E-state index contributed by atoms with van der Waals surface area (Å²) in [6, 6.07) is 9.73. The van der Waals surface area contributed by atoms with E-state index in [9.17, 15) is 4.79 Å². The number of carbonyl (C=O) groups is 1. The van der Waals surface area contributed by atoms with Crippen LogP contribution in [0.25, 0.3) is 0 Å². The third kappa shape index (κ3) is 5.19. The first-order valence-electron chi connectivity index (χ1n) is 6.16. The van der Waals surface area contributed by atoms with Crippen molar-refractivity contribution in [2.75, 3.05) is 27.2 Å². The van der Waals surface area contributed by atoms with Crippen LogP contribution < -0.4 is 0 Å². The van der Waals surface area contributed by atoms with E-state index in [4.69, 9.17) is 9.47 Å². The molecule has 1 unspecified atom stereocenters. The minimum absolute atomic E-state index is 0.257. The molecule has 0 spiro atoms. The number of hydrogen-bond acceptors (Lipinski definition) is 4. The molecule has 0 saturated heterocycles. The molecule has 0 bridgehead atoms. The minimum atomic E-state index is -0.606. The quantitative estimate of drug-likeness (QED) is 0.729. The molecule has 0 saturated carbocycles. The maximum Gasteiger partial charge on any atom is 0.508 e. The summed E-state index contributed by atoms with van der Waals surface area (Å²) >= 11 is 0. The summed E-state index contributed by atoms with van der Waals surface area (Å²) in [6.07, 6.45) is -0.117. The van der Waals surface area contributed by atoms with Crippen LogP contribution >= 0.6 is 0 Å². The van der Waals surface area contributed by atoms with Gasteiger partial charge in [-0.3, -0.25) is 0 Å². The molecule has 0 aromatic heterocycles. The van der Waals surface area contributed by atoms with Gasteiger partial charge in [-0.2, -0.15) is 0 Å². The first-order valence-corrected chi connectivity index (χ1v) is 6.16. The number of ether oxygens (including phenoxy) is 2. The van der Waals surface area contributed by atoms with Crippen molar-refractivity contribution in [2.24, 2.45) is 0 Å². The van der Waals surface area contributed by atoms with Crippen molar-refractivity contribution in [1.82, 2.24) is 4.90 Å². The SMILES string of the molecule is CCOC(=O)OC(CCN(C)C)c1ccccc1. The Morgan fingerprint density at radius 1 is 1.28 bits per heavy atom. The van der Waals surface area contributed by atoms with Gasteiger partial charge in [0.2, 0.25) is 0 Å². The van der Waals surface area contributed by atoms with Crippen LogP contribution in [0.3, 0.4) is 0 Å². The van der Waals surface area contributed by atoms with E-state index < -0.39 is 6.16 Å². The maximum atomic E-state index is 11.4. The second kappa shape index (κ2) is 7.71. The highest BCUT2D eigenvalue weighted by Crippen LogP contribution is 2.21. The first kappa shape index (κ1) is 14.5. The molecule has 18 heavy (non-hydrogen) atoms. The molecule has 1 aromatic carbocycles. The Bertz CT molecular complexity index is 351. The maximum absolute atomic E-state index is 11.4. The fraction of sp³-hybridized carbons (Fsp3) is 0.500. The van der Waals surface area contributed by atoms with Crippen molar-refractivity contribution in [3.8, 4) is 0 Å². The Balaban J connectivity index is 2.66. The summed E-state index contributed by atoms with van der Waals surface area (Å²) in [5.74, 6) is 0. The van der Waals surface area contributed by atoms with Gasteiger partial charge in [0.1, 0.15) is 6.10 Å². The van der Waals surface area contributed by atoms with E-state index >= 15 is 0 Å². The average molecular weight is 251 g/mol. The molecule has 0 aliphatic carbocycles. The number of carbonyl (C=O) groups excluding carboxylic acids is 1. The largest absolute Gasteiger partial charge is 0.508 e. The molecule has 1 rings (SSSR count). The summed E-state index contributed by atoms with van der Waals surface area (Å²) in [4.78, 5) is 13.5. The van der Waals surface area contributed by atoms with E-state index in [1.54, 1.807) is 6.92 Å². The van der Waals surface area contributed by atoms with Gasteiger partial charge in [-0.1, -0.05) is 30.3 Å². The Morgan fingerprint density at radius 3 is 2.50 bits per heavy atom. The fourth-order valence-electron chi connectivity index (χ4n) is 1.60. The lowest BCUT2D eigenvalue weighted by atomic mass is 10.1. The predicted molar refractivity (Wildman–Crippen MR) is 70.5 cm³/mol. The lowest BCUT2D eigenvalue weighted by molar-refractivity contribution is 0.0206. The Hall–Kier alpha value is -1.55. The topological polar surface area (TPSA) is 38.8 Å². The van der Waals surface area contributed by atoms with Crippen molar-refractivity contribution in [3.63, 3.8) is 0 Å². The predicted octanol–water partition coefficient (Wildman–Crippen LogP) is 2.85. The molecule has 1 atom stereocenters. The van der Waals surface area contributed by atoms with Crippen LogP contribution in [0.4, 0.5) is 4.79 Å². The summed E-state index contributed by atoms with van der Waals surface area (Å²) < 4.78 is 10.2. The van der Waals surface area contributed by atoms with Crippen LogP contribution in [-0.2, 0) is 9.47 Å². The molecule has 100 valence electrons. The van der Waals surface area contributed by atoms with Crippen molar-refractivity contribution in [3.05, 3.63) is 35.9 Å². The summed E-state index contributed by atoms with van der Waals surface area (Å²) in [7, 11) is 3.98. The second-order valence-electron chi connectivity index (χ2n) is 4.29. The van der Waals surface area contributed by atoms with Crippen LogP contribution in [-0.4, -0.2) is 38.3 Å². The van der Waals surface area contributed by atoms with E-state index in [1.165, 1.54) is 0 Å². The van der Waals surface area contributed by atoms with Crippen LogP contribution in [0.2, 0.25) is 0 Å². The van der Waals surface area contributed by atoms with Crippen LogP contribution in [0, 0.1) is 0 Å². The average Bonchev–Trinajstić information content (AvgIpc) is 2.35. The smallest absolute Gasteiger partial charge is 0.435 e. The lowest BCUT2D eigenvalue weighted by Gasteiger charge is -2.19. The van der Waals surface area contributed by atoms with Crippen molar-refractivity contribution in [2.45, 2.75) is 19.4 Å². The van der Waals surface area contributed by atoms with Crippen LogP contribution in [0.1, 0.15) is 25.0 Å². The molecule has 0 fully saturated rings. The highest BCUT2D eigenvalue weighted by Gasteiger charge is 2.17. The van der Waals surface area contributed by atoms with E-state index in [0.29, 0.717) is 6.61 Å². The zero-order valence-electron chi connectivity index (χ0n) is 11.3. The van der Waals surface area contributed by atoms with Gasteiger partial charge >= 0.3 is 6.16 Å². The Kier molecular flexibility index (Phi) is 6.22. The Morgan fingerprint density at radius 2 is 1.94 bits per heavy atom. The van der Waals surface area contributed by atoms with Gasteiger partial charge in [-0.15, -0.1) is 0 Å².